The van der Waals surface area contributed by atoms with Gasteiger partial charge in [-0.15, -0.1) is 0 Å². The number of halogens is 2. The van der Waals surface area contributed by atoms with E-state index in [1.807, 2.05) is 19.1 Å². The van der Waals surface area contributed by atoms with Crippen molar-refractivity contribution in [2.45, 2.75) is 51.3 Å². The molecular formula is C25H26F2N2O5. The zero-order chi connectivity index (χ0) is 24.4. The second-order valence-electron chi connectivity index (χ2n) is 8.56. The van der Waals surface area contributed by atoms with Crippen molar-refractivity contribution in [2.75, 3.05) is 11.4 Å². The smallest absolute Gasteiger partial charge is 0.414 e. The molecule has 9 heteroatoms. The van der Waals surface area contributed by atoms with Crippen LogP contribution in [0.3, 0.4) is 0 Å². The molecule has 0 saturated heterocycles. The summed E-state index contributed by atoms with van der Waals surface area (Å²) in [7, 11) is 0. The minimum Gasteiger partial charge on any atom is -0.481 e. The summed E-state index contributed by atoms with van der Waals surface area (Å²) < 4.78 is 32.1. The average Bonchev–Trinajstić information content (AvgIpc) is 2.80. The highest BCUT2D eigenvalue weighted by atomic mass is 19.2. The van der Waals surface area contributed by atoms with Gasteiger partial charge in [0.1, 0.15) is 6.61 Å². The second kappa shape index (κ2) is 9.79. The van der Waals surface area contributed by atoms with Gasteiger partial charge in [0.15, 0.2) is 11.6 Å². The van der Waals surface area contributed by atoms with Crippen molar-refractivity contribution in [1.29, 1.82) is 0 Å². The number of carboxylic acids is 1. The molecule has 2 aliphatic rings. The van der Waals surface area contributed by atoms with E-state index in [2.05, 4.69) is 0 Å². The fraction of sp³-hybridized carbons (Fsp3) is 0.400. The first-order chi connectivity index (χ1) is 16.3. The number of rotatable bonds is 7. The Morgan fingerprint density at radius 2 is 1.85 bits per heavy atom. The fourth-order valence-corrected chi connectivity index (χ4v) is 4.93. The van der Waals surface area contributed by atoms with Gasteiger partial charge in [-0.05, 0) is 49.1 Å². The molecule has 2 aromatic rings. The standard InChI is InChI=1S/C25H26F2N2O5/c1-2-28(22(30)11-12-23(31)32)24-16-5-3-4-6-20(16)29(21-10-8-17(21)24)25(33)34-14-15-7-9-18(26)19(27)13-15/h3-7,9,13,17,21,24H,2,8,10-12,14H2,1H3,(H,31,32). The lowest BCUT2D eigenvalue weighted by molar-refractivity contribution is -0.142. The molecule has 7 nitrogen and oxygen atoms in total. The van der Waals surface area contributed by atoms with Crippen LogP contribution >= 0.6 is 0 Å². The van der Waals surface area contributed by atoms with Gasteiger partial charge in [-0.3, -0.25) is 14.5 Å². The summed E-state index contributed by atoms with van der Waals surface area (Å²) in [6, 6.07) is 10.2. The molecule has 1 fully saturated rings. The van der Waals surface area contributed by atoms with Crippen LogP contribution in [0, 0.1) is 17.6 Å². The van der Waals surface area contributed by atoms with E-state index in [0.29, 0.717) is 17.8 Å². The van der Waals surface area contributed by atoms with Crippen LogP contribution in [-0.2, 0) is 20.9 Å². The number of anilines is 1. The van der Waals surface area contributed by atoms with Gasteiger partial charge in [0.25, 0.3) is 0 Å². The van der Waals surface area contributed by atoms with E-state index in [4.69, 9.17) is 9.84 Å². The van der Waals surface area contributed by atoms with E-state index in [1.165, 1.54) is 6.07 Å². The van der Waals surface area contributed by atoms with Gasteiger partial charge >= 0.3 is 12.1 Å². The van der Waals surface area contributed by atoms with E-state index in [-0.39, 0.29) is 43.4 Å². The number of nitrogens with zero attached hydrogens (tertiary/aromatic N) is 2. The number of para-hydroxylation sites is 1. The molecule has 2 amide bonds. The Morgan fingerprint density at radius 1 is 1.09 bits per heavy atom. The molecule has 1 heterocycles. The minimum absolute atomic E-state index is 0.0144. The molecule has 34 heavy (non-hydrogen) atoms. The van der Waals surface area contributed by atoms with Crippen molar-refractivity contribution in [3.05, 3.63) is 65.2 Å². The predicted octanol–water partition coefficient (Wildman–Crippen LogP) is 4.65. The molecule has 1 N–H and O–H groups in total. The van der Waals surface area contributed by atoms with Crippen molar-refractivity contribution >= 4 is 23.7 Å². The molecule has 0 bridgehead atoms. The molecule has 0 radical (unpaired) electrons. The molecule has 4 rings (SSSR count). The maximum Gasteiger partial charge on any atom is 0.414 e. The molecule has 180 valence electrons. The molecule has 2 aromatic carbocycles. The maximum atomic E-state index is 13.5. The second-order valence-corrected chi connectivity index (χ2v) is 8.56. The average molecular weight is 472 g/mol. The van der Waals surface area contributed by atoms with Crippen LogP contribution in [0.4, 0.5) is 19.3 Å². The molecule has 0 aromatic heterocycles. The Hall–Kier alpha value is -3.49. The van der Waals surface area contributed by atoms with Crippen LogP contribution in [0.15, 0.2) is 42.5 Å². The zero-order valence-corrected chi connectivity index (χ0v) is 18.7. The summed E-state index contributed by atoms with van der Waals surface area (Å²) in [6.45, 7) is 2.07. The molecular weight excluding hydrogens is 446 g/mol. The minimum atomic E-state index is -1.02. The third kappa shape index (κ3) is 4.47. The summed E-state index contributed by atoms with van der Waals surface area (Å²) in [4.78, 5) is 40.3. The number of aliphatic carboxylic acids is 1. The van der Waals surface area contributed by atoms with Crippen LogP contribution in [-0.4, -0.2) is 40.6 Å². The van der Waals surface area contributed by atoms with Gasteiger partial charge in [0.05, 0.1) is 18.2 Å². The zero-order valence-electron chi connectivity index (χ0n) is 18.7. The highest BCUT2D eigenvalue weighted by Crippen LogP contribution is 2.52. The topological polar surface area (TPSA) is 87.2 Å². The Labute approximate surface area is 195 Å². The number of ether oxygens (including phenoxy) is 1. The largest absolute Gasteiger partial charge is 0.481 e. The van der Waals surface area contributed by atoms with Crippen molar-refractivity contribution in [2.24, 2.45) is 5.92 Å². The van der Waals surface area contributed by atoms with Crippen LogP contribution < -0.4 is 4.90 Å². The van der Waals surface area contributed by atoms with Gasteiger partial charge in [-0.25, -0.2) is 13.6 Å². The molecule has 1 aliphatic carbocycles. The quantitative estimate of drug-likeness (QED) is 0.634. The lowest BCUT2D eigenvalue weighted by atomic mass is 9.68. The van der Waals surface area contributed by atoms with Gasteiger partial charge < -0.3 is 14.7 Å². The van der Waals surface area contributed by atoms with E-state index >= 15 is 0 Å². The lowest BCUT2D eigenvalue weighted by Gasteiger charge is -2.54. The Morgan fingerprint density at radius 3 is 2.50 bits per heavy atom. The number of fused-ring (bicyclic) bond motifs is 2. The van der Waals surface area contributed by atoms with Crippen LogP contribution in [0.25, 0.3) is 0 Å². The number of amides is 2. The first-order valence-corrected chi connectivity index (χ1v) is 11.3. The predicted molar refractivity (Wildman–Crippen MR) is 119 cm³/mol. The van der Waals surface area contributed by atoms with Crippen LogP contribution in [0.1, 0.15) is 49.8 Å². The molecule has 1 aliphatic heterocycles. The van der Waals surface area contributed by atoms with E-state index in [9.17, 15) is 23.2 Å². The first kappa shape index (κ1) is 23.7. The highest BCUT2D eigenvalue weighted by Gasteiger charge is 2.51. The highest BCUT2D eigenvalue weighted by molar-refractivity contribution is 5.91. The number of carboxylic acid groups (broad SMARTS) is 1. The normalized spacial score (nSPS) is 20.6. The van der Waals surface area contributed by atoms with Crippen molar-refractivity contribution in [1.82, 2.24) is 4.90 Å². The van der Waals surface area contributed by atoms with Gasteiger partial charge in [-0.2, -0.15) is 0 Å². The summed E-state index contributed by atoms with van der Waals surface area (Å²) in [5.74, 6) is -3.25. The Bertz CT molecular complexity index is 1110. The Kier molecular flexibility index (Phi) is 6.81. The van der Waals surface area contributed by atoms with E-state index in [1.54, 1.807) is 21.9 Å². The summed E-state index contributed by atoms with van der Waals surface area (Å²) in [6.07, 6.45) is 0.626. The van der Waals surface area contributed by atoms with Crippen LogP contribution in [0.2, 0.25) is 0 Å². The first-order valence-electron chi connectivity index (χ1n) is 11.3. The molecule has 3 atom stereocenters. The van der Waals surface area contributed by atoms with Gasteiger partial charge in [0.2, 0.25) is 5.91 Å². The van der Waals surface area contributed by atoms with Crippen molar-refractivity contribution in [3.63, 3.8) is 0 Å². The SMILES string of the molecule is CCN(C(=O)CCC(=O)O)C1c2ccccc2N(C(=O)OCc2ccc(F)c(F)c2)C2CCC12. The van der Waals surface area contributed by atoms with Crippen LogP contribution in [0.5, 0.6) is 0 Å². The van der Waals surface area contributed by atoms with Crippen molar-refractivity contribution < 1.29 is 33.0 Å². The maximum absolute atomic E-state index is 13.5. The van der Waals surface area contributed by atoms with E-state index in [0.717, 1.165) is 30.5 Å². The number of benzene rings is 2. The number of carbonyl (C=O) groups is 3. The number of carbonyl (C=O) groups excluding carboxylic acids is 2. The third-order valence-corrected chi connectivity index (χ3v) is 6.63. The summed E-state index contributed by atoms with van der Waals surface area (Å²) in [5.41, 5.74) is 1.77. The fourth-order valence-electron chi connectivity index (χ4n) is 4.93. The summed E-state index contributed by atoms with van der Waals surface area (Å²) >= 11 is 0. The Balaban J connectivity index is 1.58. The van der Waals surface area contributed by atoms with Gasteiger partial charge in [0, 0.05) is 24.9 Å². The number of hydrogen-bond donors (Lipinski definition) is 1. The molecule has 1 saturated carbocycles. The third-order valence-electron chi connectivity index (χ3n) is 6.63. The molecule has 0 spiro atoms. The summed E-state index contributed by atoms with van der Waals surface area (Å²) in [5, 5.41) is 8.98. The molecule has 3 unspecified atom stereocenters. The van der Waals surface area contributed by atoms with E-state index < -0.39 is 23.7 Å². The monoisotopic (exact) mass is 472 g/mol. The number of hydrogen-bond acceptors (Lipinski definition) is 4. The van der Waals surface area contributed by atoms with Gasteiger partial charge in [-0.1, -0.05) is 24.3 Å². The van der Waals surface area contributed by atoms with Crippen molar-refractivity contribution in [3.8, 4) is 0 Å². The lowest BCUT2D eigenvalue weighted by Crippen LogP contribution is -2.59.